The van der Waals surface area contributed by atoms with Crippen LogP contribution in [0.5, 0.6) is 5.75 Å². The van der Waals surface area contributed by atoms with E-state index in [4.69, 9.17) is 14.7 Å². The molecule has 5 heteroatoms. The van der Waals surface area contributed by atoms with E-state index in [9.17, 15) is 4.79 Å². The molecule has 0 atom stereocenters. The summed E-state index contributed by atoms with van der Waals surface area (Å²) in [4.78, 5) is 13.7. The molecule has 0 unspecified atom stereocenters. The van der Waals surface area contributed by atoms with Crippen molar-refractivity contribution in [2.24, 2.45) is 0 Å². The minimum absolute atomic E-state index is 0.349. The fraction of sp³-hybridized carbons (Fsp3) is 0.467. The molecule has 1 heterocycles. The van der Waals surface area contributed by atoms with Gasteiger partial charge in [-0.1, -0.05) is 6.07 Å². The van der Waals surface area contributed by atoms with Gasteiger partial charge in [0.25, 0.3) is 0 Å². The second kappa shape index (κ2) is 5.41. The van der Waals surface area contributed by atoms with Crippen molar-refractivity contribution < 1.29 is 14.3 Å². The fourth-order valence-electron chi connectivity index (χ4n) is 1.92. The molecule has 1 aromatic rings. The highest BCUT2D eigenvalue weighted by Crippen LogP contribution is 2.25. The van der Waals surface area contributed by atoms with Crippen LogP contribution in [0.2, 0.25) is 0 Å². The second-order valence-electron chi connectivity index (χ2n) is 5.68. The van der Waals surface area contributed by atoms with E-state index in [0.29, 0.717) is 31.0 Å². The lowest BCUT2D eigenvalue weighted by Crippen LogP contribution is -2.37. The summed E-state index contributed by atoms with van der Waals surface area (Å²) in [6.45, 7) is 6.80. The zero-order valence-corrected chi connectivity index (χ0v) is 12.0. The normalized spacial score (nSPS) is 14.6. The van der Waals surface area contributed by atoms with Gasteiger partial charge in [-0.3, -0.25) is 0 Å². The lowest BCUT2D eigenvalue weighted by molar-refractivity contribution is 0.0225. The first kappa shape index (κ1) is 14.2. The Morgan fingerprint density at radius 3 is 2.85 bits per heavy atom. The lowest BCUT2D eigenvalue weighted by Gasteiger charge is -2.26. The second-order valence-corrected chi connectivity index (χ2v) is 5.68. The van der Waals surface area contributed by atoms with E-state index >= 15 is 0 Å². The molecule has 1 aromatic carbocycles. The van der Waals surface area contributed by atoms with E-state index in [1.54, 1.807) is 17.0 Å². The highest BCUT2D eigenvalue weighted by Gasteiger charge is 2.25. The molecule has 2 rings (SSSR count). The molecule has 0 spiro atoms. The van der Waals surface area contributed by atoms with Gasteiger partial charge >= 0.3 is 6.09 Å². The molecule has 0 bridgehead atoms. The summed E-state index contributed by atoms with van der Waals surface area (Å²) in [5.74, 6) is 0.662. The van der Waals surface area contributed by atoms with Crippen LogP contribution in [0.3, 0.4) is 0 Å². The number of carbonyl (C=O) groups is 1. The van der Waals surface area contributed by atoms with Gasteiger partial charge < -0.3 is 14.4 Å². The zero-order valence-electron chi connectivity index (χ0n) is 12.0. The van der Waals surface area contributed by atoms with Gasteiger partial charge in [-0.25, -0.2) is 4.79 Å². The van der Waals surface area contributed by atoms with E-state index in [-0.39, 0.29) is 6.09 Å². The number of carbonyl (C=O) groups excluding carboxylic acids is 1. The summed E-state index contributed by atoms with van der Waals surface area (Å²) in [7, 11) is 0. The molecule has 0 N–H and O–H groups in total. The average Bonchev–Trinajstić information content (AvgIpc) is 2.57. The molecule has 0 saturated carbocycles. The van der Waals surface area contributed by atoms with Gasteiger partial charge in [0.15, 0.2) is 0 Å². The van der Waals surface area contributed by atoms with Crippen molar-refractivity contribution in [1.82, 2.24) is 4.90 Å². The van der Waals surface area contributed by atoms with Crippen LogP contribution in [0, 0.1) is 11.3 Å². The molecule has 0 aliphatic carbocycles. The number of benzene rings is 1. The van der Waals surface area contributed by atoms with Crippen LogP contribution in [0.4, 0.5) is 4.79 Å². The van der Waals surface area contributed by atoms with Crippen molar-refractivity contribution in [3.8, 4) is 11.8 Å². The molecule has 20 heavy (non-hydrogen) atoms. The van der Waals surface area contributed by atoms with Gasteiger partial charge in [0, 0.05) is 5.56 Å². The Morgan fingerprint density at radius 1 is 1.45 bits per heavy atom. The minimum Gasteiger partial charge on any atom is -0.491 e. The fourth-order valence-corrected chi connectivity index (χ4v) is 1.92. The van der Waals surface area contributed by atoms with Crippen molar-refractivity contribution in [3.63, 3.8) is 0 Å². The molecule has 5 nitrogen and oxygen atoms in total. The number of hydrogen-bond acceptors (Lipinski definition) is 4. The minimum atomic E-state index is -0.516. The maximum Gasteiger partial charge on any atom is 0.410 e. The number of rotatable bonds is 0. The number of hydrogen-bond donors (Lipinski definition) is 0. The van der Waals surface area contributed by atoms with Crippen molar-refractivity contribution in [2.75, 3.05) is 13.2 Å². The molecular weight excluding hydrogens is 256 g/mol. The van der Waals surface area contributed by atoms with Crippen molar-refractivity contribution in [1.29, 1.82) is 5.26 Å². The van der Waals surface area contributed by atoms with Gasteiger partial charge in [0.1, 0.15) is 18.0 Å². The Kier molecular flexibility index (Phi) is 3.84. The molecule has 0 aromatic heterocycles. The first-order valence-corrected chi connectivity index (χ1v) is 6.53. The van der Waals surface area contributed by atoms with Crippen molar-refractivity contribution >= 4 is 6.09 Å². The molecule has 106 valence electrons. The largest absolute Gasteiger partial charge is 0.491 e. The number of fused-ring (bicyclic) bond motifs is 1. The standard InChI is InChI=1S/C15H18N2O3/c1-15(2,3)20-14(18)17-6-7-19-13-8-11(9-16)4-5-12(13)10-17/h4-5,8H,6-7,10H2,1-3H3. The Bertz CT molecular complexity index is 555. The lowest BCUT2D eigenvalue weighted by atomic mass is 10.1. The first-order chi connectivity index (χ1) is 9.39. The van der Waals surface area contributed by atoms with E-state index < -0.39 is 5.60 Å². The Hall–Kier alpha value is -2.22. The molecule has 0 radical (unpaired) electrons. The SMILES string of the molecule is CC(C)(C)OC(=O)N1CCOc2cc(C#N)ccc2C1. The highest BCUT2D eigenvalue weighted by atomic mass is 16.6. The Morgan fingerprint density at radius 2 is 2.20 bits per heavy atom. The molecule has 0 saturated heterocycles. The molecule has 1 aliphatic rings. The van der Waals surface area contributed by atoms with Crippen molar-refractivity contribution in [3.05, 3.63) is 29.3 Å². The molecule has 0 fully saturated rings. The van der Waals surface area contributed by atoms with Crippen LogP contribution in [-0.4, -0.2) is 29.7 Å². The maximum atomic E-state index is 12.1. The zero-order chi connectivity index (χ0) is 14.8. The summed E-state index contributed by atoms with van der Waals surface area (Å²) >= 11 is 0. The van der Waals surface area contributed by atoms with Crippen molar-refractivity contribution in [2.45, 2.75) is 32.9 Å². The topological polar surface area (TPSA) is 62.6 Å². The van der Waals surface area contributed by atoms with Gasteiger partial charge in [0.2, 0.25) is 0 Å². The Balaban J connectivity index is 2.16. The number of amides is 1. The third-order valence-corrected chi connectivity index (χ3v) is 2.83. The summed E-state index contributed by atoms with van der Waals surface area (Å²) < 4.78 is 11.0. The van der Waals surface area contributed by atoms with Gasteiger partial charge in [-0.2, -0.15) is 5.26 Å². The molecule has 1 amide bonds. The quantitative estimate of drug-likeness (QED) is 0.729. The van der Waals surface area contributed by atoms with Gasteiger partial charge in [0.05, 0.1) is 24.7 Å². The first-order valence-electron chi connectivity index (χ1n) is 6.53. The number of nitriles is 1. The van der Waals surface area contributed by atoms with Crippen LogP contribution < -0.4 is 4.74 Å². The predicted octanol–water partition coefficient (Wildman–Crippen LogP) is 2.69. The van der Waals surface area contributed by atoms with E-state index in [1.807, 2.05) is 26.8 Å². The number of ether oxygens (including phenoxy) is 2. The van der Waals surface area contributed by atoms with E-state index in [0.717, 1.165) is 5.56 Å². The van der Waals surface area contributed by atoms with Crippen LogP contribution in [0.1, 0.15) is 31.9 Å². The van der Waals surface area contributed by atoms with Crippen LogP contribution >= 0.6 is 0 Å². The van der Waals surface area contributed by atoms with Crippen LogP contribution in [-0.2, 0) is 11.3 Å². The third kappa shape index (κ3) is 3.41. The van der Waals surface area contributed by atoms with E-state index in [1.165, 1.54) is 0 Å². The molecular formula is C15H18N2O3. The maximum absolute atomic E-state index is 12.1. The van der Waals surface area contributed by atoms with Crippen LogP contribution in [0.15, 0.2) is 18.2 Å². The summed E-state index contributed by atoms with van der Waals surface area (Å²) in [5, 5.41) is 8.89. The number of nitrogens with zero attached hydrogens (tertiary/aromatic N) is 2. The Labute approximate surface area is 118 Å². The monoisotopic (exact) mass is 274 g/mol. The molecule has 1 aliphatic heterocycles. The highest BCUT2D eigenvalue weighted by molar-refractivity contribution is 5.68. The predicted molar refractivity (Wildman–Crippen MR) is 73.3 cm³/mol. The average molecular weight is 274 g/mol. The van der Waals surface area contributed by atoms with E-state index in [2.05, 4.69) is 6.07 Å². The summed E-state index contributed by atoms with van der Waals surface area (Å²) in [6.07, 6.45) is -0.349. The summed E-state index contributed by atoms with van der Waals surface area (Å²) in [6, 6.07) is 7.32. The third-order valence-electron chi connectivity index (χ3n) is 2.83. The van der Waals surface area contributed by atoms with Crippen LogP contribution in [0.25, 0.3) is 0 Å². The van der Waals surface area contributed by atoms with Gasteiger partial charge in [-0.15, -0.1) is 0 Å². The van der Waals surface area contributed by atoms with Gasteiger partial charge in [-0.05, 0) is 32.9 Å². The smallest absolute Gasteiger partial charge is 0.410 e. The summed E-state index contributed by atoms with van der Waals surface area (Å²) in [5.41, 5.74) is 0.916.